The van der Waals surface area contributed by atoms with E-state index < -0.39 is 17.2 Å². The number of methoxy groups -OCH3 is 1. The molecule has 31 heavy (non-hydrogen) atoms. The molecule has 1 aliphatic carbocycles. The minimum atomic E-state index is -0.780. The minimum Gasteiger partial charge on any atom is -0.501 e. The van der Waals surface area contributed by atoms with Gasteiger partial charge in [-0.05, 0) is 49.9 Å². The summed E-state index contributed by atoms with van der Waals surface area (Å²) in [5.41, 5.74) is 0.00484. The first-order chi connectivity index (χ1) is 15.0. The predicted octanol–water partition coefficient (Wildman–Crippen LogP) is 3.40. The summed E-state index contributed by atoms with van der Waals surface area (Å²) in [6.45, 7) is 1.96. The van der Waals surface area contributed by atoms with Crippen molar-refractivity contribution in [1.29, 1.82) is 0 Å². The van der Waals surface area contributed by atoms with Gasteiger partial charge >= 0.3 is 0 Å². The zero-order valence-electron chi connectivity index (χ0n) is 17.6. The molecule has 2 aromatic heterocycles. The van der Waals surface area contributed by atoms with Crippen molar-refractivity contribution < 1.29 is 14.6 Å². The summed E-state index contributed by atoms with van der Waals surface area (Å²) in [4.78, 5) is 36.4. The number of aromatic nitrogens is 3. The molecule has 3 aromatic rings. The van der Waals surface area contributed by atoms with Crippen molar-refractivity contribution in [3.8, 4) is 23.0 Å². The highest BCUT2D eigenvalue weighted by molar-refractivity contribution is 5.95. The summed E-state index contributed by atoms with van der Waals surface area (Å²) in [5, 5.41) is 14.0. The Bertz CT molecular complexity index is 1170. The third kappa shape index (κ3) is 4.38. The maximum absolute atomic E-state index is 12.8. The molecule has 162 valence electrons. The highest BCUT2D eigenvalue weighted by Gasteiger charge is 2.25. The molecule has 1 saturated carbocycles. The van der Waals surface area contributed by atoms with Gasteiger partial charge in [-0.1, -0.05) is 25.3 Å². The molecule has 0 saturated heterocycles. The third-order valence-corrected chi connectivity index (χ3v) is 5.96. The number of carbonyl (C=O) groups excluding carboxylic acids is 1. The second kappa shape index (κ2) is 8.75. The topological polar surface area (TPSA) is 117 Å². The molecule has 8 heteroatoms. The van der Waals surface area contributed by atoms with Crippen LogP contribution in [0.25, 0.3) is 22.4 Å². The molecular weight excluding hydrogens is 396 g/mol. The molecule has 3 N–H and O–H groups in total. The summed E-state index contributed by atoms with van der Waals surface area (Å²) in [6, 6.07) is 8.91. The van der Waals surface area contributed by atoms with Gasteiger partial charge in [0, 0.05) is 11.4 Å². The van der Waals surface area contributed by atoms with E-state index in [1.165, 1.54) is 6.42 Å². The maximum Gasteiger partial charge on any atom is 0.294 e. The Kier molecular flexibility index (Phi) is 5.88. The van der Waals surface area contributed by atoms with Crippen LogP contribution in [0.5, 0.6) is 11.5 Å². The van der Waals surface area contributed by atoms with Crippen LogP contribution in [0.15, 0.2) is 35.1 Å². The zero-order chi connectivity index (χ0) is 22.0. The number of nitrogens with zero attached hydrogens (tertiary/aromatic N) is 2. The van der Waals surface area contributed by atoms with E-state index in [0.29, 0.717) is 22.9 Å². The largest absolute Gasteiger partial charge is 0.501 e. The number of amides is 1. The number of rotatable bonds is 5. The number of carbonyl (C=O) groups is 1. The Balaban J connectivity index is 1.63. The average molecular weight is 422 g/mol. The van der Waals surface area contributed by atoms with Crippen LogP contribution in [-0.2, 0) is 0 Å². The van der Waals surface area contributed by atoms with Gasteiger partial charge in [0.1, 0.15) is 11.4 Å². The van der Waals surface area contributed by atoms with Crippen LogP contribution in [0.4, 0.5) is 0 Å². The van der Waals surface area contributed by atoms with Crippen LogP contribution in [0, 0.1) is 5.92 Å². The van der Waals surface area contributed by atoms with Gasteiger partial charge in [-0.2, -0.15) is 0 Å². The number of aromatic amines is 1. The van der Waals surface area contributed by atoms with E-state index in [1.807, 2.05) is 19.1 Å². The van der Waals surface area contributed by atoms with Gasteiger partial charge in [-0.3, -0.25) is 9.59 Å². The van der Waals surface area contributed by atoms with E-state index in [1.54, 1.807) is 25.3 Å². The summed E-state index contributed by atoms with van der Waals surface area (Å²) in [7, 11) is 1.59. The highest BCUT2D eigenvalue weighted by Crippen LogP contribution is 2.27. The van der Waals surface area contributed by atoms with E-state index >= 15 is 0 Å². The molecule has 8 nitrogen and oxygen atoms in total. The third-order valence-electron chi connectivity index (χ3n) is 5.96. The van der Waals surface area contributed by atoms with Crippen molar-refractivity contribution in [3.05, 3.63) is 46.4 Å². The van der Waals surface area contributed by atoms with Crippen LogP contribution in [0.3, 0.4) is 0 Å². The molecule has 1 aromatic carbocycles. The van der Waals surface area contributed by atoms with Gasteiger partial charge in [0.25, 0.3) is 11.5 Å². The van der Waals surface area contributed by atoms with E-state index in [2.05, 4.69) is 20.3 Å². The van der Waals surface area contributed by atoms with E-state index in [-0.39, 0.29) is 17.6 Å². The number of benzene rings is 1. The number of hydrogen-bond acceptors (Lipinski definition) is 6. The number of aromatic hydroxyl groups is 1. The van der Waals surface area contributed by atoms with E-state index in [0.717, 1.165) is 31.1 Å². The van der Waals surface area contributed by atoms with Gasteiger partial charge in [0.2, 0.25) is 5.75 Å². The first-order valence-corrected chi connectivity index (χ1v) is 10.6. The van der Waals surface area contributed by atoms with Crippen molar-refractivity contribution in [3.63, 3.8) is 0 Å². The molecule has 0 bridgehead atoms. The summed E-state index contributed by atoms with van der Waals surface area (Å²) in [6.07, 6.45) is 5.66. The molecule has 0 spiro atoms. The minimum absolute atomic E-state index is 0.0643. The molecule has 1 atom stereocenters. The van der Waals surface area contributed by atoms with Crippen LogP contribution >= 0.6 is 0 Å². The lowest BCUT2D eigenvalue weighted by Gasteiger charge is -2.28. The summed E-state index contributed by atoms with van der Waals surface area (Å²) in [5.74, 6) is -0.0308. The summed E-state index contributed by atoms with van der Waals surface area (Å²) < 4.78 is 5.22. The van der Waals surface area contributed by atoms with Crippen molar-refractivity contribution in [2.45, 2.75) is 45.1 Å². The standard InChI is InChI=1S/C23H26N4O4/c1-13(14-6-4-3-5-7-14)24-22(29)19-20(28)23(30)27-21(26-19)18-10-8-15-12-16(31-2)9-11-17(15)25-18/h8-14,28H,3-7H2,1-2H3,(H,24,29)(H,26,27,30)/t13-/m1/s1. The van der Waals surface area contributed by atoms with Crippen molar-refractivity contribution in [2.75, 3.05) is 7.11 Å². The fourth-order valence-corrected chi connectivity index (χ4v) is 4.14. The molecule has 2 heterocycles. The molecule has 1 amide bonds. The van der Waals surface area contributed by atoms with Crippen LogP contribution in [-0.4, -0.2) is 39.1 Å². The van der Waals surface area contributed by atoms with Crippen molar-refractivity contribution in [2.24, 2.45) is 5.92 Å². The number of pyridine rings is 1. The highest BCUT2D eigenvalue weighted by atomic mass is 16.5. The maximum atomic E-state index is 12.8. The zero-order valence-corrected chi connectivity index (χ0v) is 17.6. The second-order valence-corrected chi connectivity index (χ2v) is 8.03. The lowest BCUT2D eigenvalue weighted by atomic mass is 9.84. The average Bonchev–Trinajstić information content (AvgIpc) is 2.80. The first kappa shape index (κ1) is 20.8. The van der Waals surface area contributed by atoms with Gasteiger partial charge in [-0.25, -0.2) is 9.97 Å². The van der Waals surface area contributed by atoms with Gasteiger partial charge < -0.3 is 20.1 Å². The van der Waals surface area contributed by atoms with E-state index in [9.17, 15) is 14.7 Å². The monoisotopic (exact) mass is 422 g/mol. The Morgan fingerprint density at radius 2 is 1.97 bits per heavy atom. The van der Waals surface area contributed by atoms with Crippen molar-refractivity contribution >= 4 is 16.8 Å². The fraction of sp³-hybridized carbons (Fsp3) is 0.391. The van der Waals surface area contributed by atoms with Crippen molar-refractivity contribution in [1.82, 2.24) is 20.3 Å². The first-order valence-electron chi connectivity index (χ1n) is 10.6. The predicted molar refractivity (Wildman–Crippen MR) is 117 cm³/mol. The van der Waals surface area contributed by atoms with Gasteiger partial charge in [0.15, 0.2) is 11.5 Å². The molecule has 1 fully saturated rings. The molecule has 0 unspecified atom stereocenters. The Morgan fingerprint density at radius 3 is 2.71 bits per heavy atom. The quantitative estimate of drug-likeness (QED) is 0.580. The van der Waals surface area contributed by atoms with Crippen LogP contribution in [0.1, 0.15) is 49.5 Å². The molecule has 4 rings (SSSR count). The van der Waals surface area contributed by atoms with Crippen LogP contribution in [0.2, 0.25) is 0 Å². The number of hydrogen-bond donors (Lipinski definition) is 3. The molecule has 1 aliphatic rings. The molecule has 0 radical (unpaired) electrons. The fourth-order valence-electron chi connectivity index (χ4n) is 4.14. The second-order valence-electron chi connectivity index (χ2n) is 8.03. The molecular formula is C23H26N4O4. The van der Waals surface area contributed by atoms with Gasteiger partial charge in [-0.15, -0.1) is 0 Å². The van der Waals surface area contributed by atoms with Crippen LogP contribution < -0.4 is 15.6 Å². The number of nitrogens with one attached hydrogen (secondary N) is 2. The number of H-pyrrole nitrogens is 1. The Hall–Kier alpha value is -3.42. The Labute approximate surface area is 179 Å². The molecule has 0 aliphatic heterocycles. The van der Waals surface area contributed by atoms with Gasteiger partial charge in [0.05, 0.1) is 12.6 Å². The summed E-state index contributed by atoms with van der Waals surface area (Å²) >= 11 is 0. The Morgan fingerprint density at radius 1 is 1.19 bits per heavy atom. The lowest BCUT2D eigenvalue weighted by Crippen LogP contribution is -2.39. The van der Waals surface area contributed by atoms with E-state index in [4.69, 9.17) is 4.74 Å². The smallest absolute Gasteiger partial charge is 0.294 e. The lowest BCUT2D eigenvalue weighted by molar-refractivity contribution is 0.0911. The normalized spacial score (nSPS) is 15.5. The number of fused-ring (bicyclic) bond motifs is 1. The SMILES string of the molecule is COc1ccc2nc(-c3nc(C(=O)N[C@H](C)C4CCCCC4)c(O)c(=O)[nH]3)ccc2c1. The number of ether oxygens (including phenoxy) is 1.